The van der Waals surface area contributed by atoms with Crippen molar-refractivity contribution in [1.29, 1.82) is 0 Å². The lowest BCUT2D eigenvalue weighted by Crippen LogP contribution is -2.21. The average molecular weight is 426 g/mol. The van der Waals surface area contributed by atoms with Gasteiger partial charge in [-0.3, -0.25) is 0 Å². The Bertz CT molecular complexity index is 801. The standard InChI is InChI=1S/C19H21BrFNO2S/c1-13(22-25(23)19(2,3)4)15-10-11-16(20)17(21)18(15)24-12-14-8-6-5-7-9-14/h5-11H,12H2,1-4H3/b22-13+. The van der Waals surface area contributed by atoms with Crippen molar-refractivity contribution in [3.05, 3.63) is 63.9 Å². The van der Waals surface area contributed by atoms with Crippen molar-refractivity contribution >= 4 is 32.6 Å². The molecule has 0 amide bonds. The first kappa shape index (κ1) is 19.8. The first-order chi connectivity index (χ1) is 11.7. The minimum atomic E-state index is -1.43. The fourth-order valence-electron chi connectivity index (χ4n) is 2.00. The summed E-state index contributed by atoms with van der Waals surface area (Å²) in [5.74, 6) is -0.394. The fourth-order valence-corrected chi connectivity index (χ4v) is 2.93. The van der Waals surface area contributed by atoms with E-state index in [0.717, 1.165) is 5.56 Å². The fraction of sp³-hybridized carbons (Fsp3) is 0.316. The number of rotatable bonds is 5. The molecule has 0 saturated carbocycles. The van der Waals surface area contributed by atoms with E-state index in [1.807, 2.05) is 51.1 Å². The molecule has 1 unspecified atom stereocenters. The molecule has 0 bridgehead atoms. The van der Waals surface area contributed by atoms with Crippen molar-refractivity contribution < 1.29 is 13.3 Å². The summed E-state index contributed by atoms with van der Waals surface area (Å²) >= 11 is 3.18. The molecule has 0 saturated heterocycles. The average Bonchev–Trinajstić information content (AvgIpc) is 2.56. The van der Waals surface area contributed by atoms with Crippen LogP contribution in [0.2, 0.25) is 0 Å². The normalized spacial score (nSPS) is 13.6. The van der Waals surface area contributed by atoms with Crippen LogP contribution in [-0.2, 0) is 17.6 Å². The molecule has 2 rings (SSSR count). The highest BCUT2D eigenvalue weighted by Gasteiger charge is 2.21. The van der Waals surface area contributed by atoms with Crippen molar-refractivity contribution in [1.82, 2.24) is 0 Å². The van der Waals surface area contributed by atoms with Crippen LogP contribution in [0.3, 0.4) is 0 Å². The van der Waals surface area contributed by atoms with Crippen molar-refractivity contribution in [3.8, 4) is 5.75 Å². The molecule has 0 spiro atoms. The van der Waals surface area contributed by atoms with Crippen LogP contribution >= 0.6 is 15.9 Å². The number of hydrogen-bond donors (Lipinski definition) is 0. The second-order valence-electron chi connectivity index (χ2n) is 6.55. The third-order valence-corrected chi connectivity index (χ3v) is 5.51. The van der Waals surface area contributed by atoms with Gasteiger partial charge < -0.3 is 4.74 Å². The predicted molar refractivity (Wildman–Crippen MR) is 105 cm³/mol. The summed E-state index contributed by atoms with van der Waals surface area (Å²) in [7, 11) is -1.43. The predicted octanol–water partition coefficient (Wildman–Crippen LogP) is 5.44. The molecule has 0 heterocycles. The zero-order chi connectivity index (χ0) is 18.6. The Balaban J connectivity index is 2.37. The van der Waals surface area contributed by atoms with E-state index in [0.29, 0.717) is 15.7 Å². The molecule has 0 aliphatic carbocycles. The van der Waals surface area contributed by atoms with Gasteiger partial charge in [-0.25, -0.2) is 8.60 Å². The van der Waals surface area contributed by atoms with Gasteiger partial charge in [0, 0.05) is 5.56 Å². The lowest BCUT2D eigenvalue weighted by atomic mass is 10.1. The maximum Gasteiger partial charge on any atom is 0.179 e. The van der Waals surface area contributed by atoms with Crippen LogP contribution in [0, 0.1) is 5.82 Å². The second kappa shape index (κ2) is 8.23. The Morgan fingerprint density at radius 3 is 2.44 bits per heavy atom. The zero-order valence-corrected chi connectivity index (χ0v) is 17.1. The van der Waals surface area contributed by atoms with E-state index < -0.39 is 21.5 Å². The lowest BCUT2D eigenvalue weighted by molar-refractivity contribution is 0.289. The molecule has 2 aromatic carbocycles. The molecule has 3 nitrogen and oxygen atoms in total. The monoisotopic (exact) mass is 425 g/mol. The Morgan fingerprint density at radius 2 is 1.84 bits per heavy atom. The van der Waals surface area contributed by atoms with E-state index in [2.05, 4.69) is 20.3 Å². The summed E-state index contributed by atoms with van der Waals surface area (Å²) in [6, 6.07) is 12.8. The molecule has 25 heavy (non-hydrogen) atoms. The van der Waals surface area contributed by atoms with E-state index in [9.17, 15) is 8.60 Å². The van der Waals surface area contributed by atoms with E-state index in [1.165, 1.54) is 0 Å². The molecular weight excluding hydrogens is 405 g/mol. The van der Waals surface area contributed by atoms with Gasteiger partial charge in [0.2, 0.25) is 0 Å². The van der Waals surface area contributed by atoms with Gasteiger partial charge in [0.1, 0.15) is 17.6 Å². The van der Waals surface area contributed by atoms with Gasteiger partial charge in [0.25, 0.3) is 0 Å². The SMILES string of the molecule is C/C(=N\S(=O)C(C)(C)C)c1ccc(Br)c(F)c1OCc1ccccc1. The van der Waals surface area contributed by atoms with Crippen molar-refractivity contribution in [2.24, 2.45) is 4.40 Å². The van der Waals surface area contributed by atoms with Crippen LogP contribution in [0.1, 0.15) is 38.8 Å². The van der Waals surface area contributed by atoms with Gasteiger partial charge in [-0.1, -0.05) is 30.3 Å². The summed E-state index contributed by atoms with van der Waals surface area (Å²) < 4.78 is 36.7. The summed E-state index contributed by atoms with van der Waals surface area (Å²) in [5, 5.41) is 0. The van der Waals surface area contributed by atoms with Crippen molar-refractivity contribution in [3.63, 3.8) is 0 Å². The first-order valence-corrected chi connectivity index (χ1v) is 9.72. The number of nitrogens with zero attached hydrogens (tertiary/aromatic N) is 1. The summed E-state index contributed by atoms with van der Waals surface area (Å²) in [6.45, 7) is 7.47. The Kier molecular flexibility index (Phi) is 6.52. The highest BCUT2D eigenvalue weighted by Crippen LogP contribution is 2.31. The first-order valence-electron chi connectivity index (χ1n) is 7.82. The summed E-state index contributed by atoms with van der Waals surface area (Å²) in [6.07, 6.45) is 0. The molecule has 0 N–H and O–H groups in total. The quantitative estimate of drug-likeness (QED) is 0.598. The van der Waals surface area contributed by atoms with Crippen LogP contribution in [0.4, 0.5) is 4.39 Å². The lowest BCUT2D eigenvalue weighted by Gasteiger charge is -2.16. The van der Waals surface area contributed by atoms with Crippen molar-refractivity contribution in [2.45, 2.75) is 39.0 Å². The third-order valence-electron chi connectivity index (χ3n) is 3.41. The van der Waals surface area contributed by atoms with Gasteiger partial charge in [0.15, 0.2) is 11.6 Å². The number of halogens is 2. The molecular formula is C19H21BrFNO2S. The number of hydrogen-bond acceptors (Lipinski definition) is 2. The van der Waals surface area contributed by atoms with Crippen LogP contribution in [-0.4, -0.2) is 14.7 Å². The highest BCUT2D eigenvalue weighted by atomic mass is 79.9. The van der Waals surface area contributed by atoms with E-state index in [-0.39, 0.29) is 12.4 Å². The van der Waals surface area contributed by atoms with Crippen LogP contribution in [0.5, 0.6) is 5.75 Å². The Morgan fingerprint density at radius 1 is 1.20 bits per heavy atom. The van der Waals surface area contributed by atoms with Gasteiger partial charge in [-0.2, -0.15) is 4.40 Å². The smallest absolute Gasteiger partial charge is 0.179 e. The van der Waals surface area contributed by atoms with Crippen molar-refractivity contribution in [2.75, 3.05) is 0 Å². The molecule has 1 atom stereocenters. The number of benzene rings is 2. The Hall–Kier alpha value is -1.53. The topological polar surface area (TPSA) is 38.7 Å². The molecule has 0 aliphatic rings. The van der Waals surface area contributed by atoms with E-state index in [4.69, 9.17) is 4.74 Å². The maximum absolute atomic E-state index is 14.6. The van der Waals surface area contributed by atoms with Crippen LogP contribution in [0.15, 0.2) is 51.3 Å². The second-order valence-corrected chi connectivity index (χ2v) is 9.31. The summed E-state index contributed by atoms with van der Waals surface area (Å²) in [4.78, 5) is 0. The van der Waals surface area contributed by atoms with Crippen LogP contribution < -0.4 is 4.74 Å². The highest BCUT2D eigenvalue weighted by molar-refractivity contribution is 9.10. The molecule has 134 valence electrons. The van der Waals surface area contributed by atoms with Gasteiger partial charge >= 0.3 is 0 Å². The largest absolute Gasteiger partial charge is 0.485 e. The molecule has 0 aromatic heterocycles. The number of ether oxygens (including phenoxy) is 1. The minimum absolute atomic E-state index is 0.102. The maximum atomic E-state index is 14.6. The zero-order valence-electron chi connectivity index (χ0n) is 14.7. The molecule has 0 radical (unpaired) electrons. The van der Waals surface area contributed by atoms with E-state index in [1.54, 1.807) is 19.1 Å². The minimum Gasteiger partial charge on any atom is -0.485 e. The van der Waals surface area contributed by atoms with Crippen LogP contribution in [0.25, 0.3) is 0 Å². The van der Waals surface area contributed by atoms with E-state index >= 15 is 0 Å². The summed E-state index contributed by atoms with van der Waals surface area (Å²) in [5.41, 5.74) is 1.90. The van der Waals surface area contributed by atoms with Gasteiger partial charge in [0.05, 0.1) is 14.9 Å². The molecule has 6 heteroatoms. The third kappa shape index (κ3) is 5.22. The Labute approximate surface area is 159 Å². The molecule has 0 fully saturated rings. The molecule has 0 aliphatic heterocycles. The van der Waals surface area contributed by atoms with Gasteiger partial charge in [-0.05, 0) is 61.3 Å². The molecule has 2 aromatic rings. The van der Waals surface area contributed by atoms with Gasteiger partial charge in [-0.15, -0.1) is 0 Å².